The Morgan fingerprint density at radius 3 is 2.52 bits per heavy atom. The summed E-state index contributed by atoms with van der Waals surface area (Å²) in [7, 11) is 1.40. The number of hydrogen-bond acceptors (Lipinski definition) is 4. The van der Waals surface area contributed by atoms with Gasteiger partial charge in [-0.05, 0) is 43.5 Å². The largest absolute Gasteiger partial charge is 0.494 e. The summed E-state index contributed by atoms with van der Waals surface area (Å²) in [5.41, 5.74) is 1.29. The van der Waals surface area contributed by atoms with Gasteiger partial charge in [-0.15, -0.1) is 0 Å². The quantitative estimate of drug-likeness (QED) is 0.530. The van der Waals surface area contributed by atoms with E-state index < -0.39 is 0 Å². The van der Waals surface area contributed by atoms with E-state index in [9.17, 15) is 4.79 Å². The van der Waals surface area contributed by atoms with Gasteiger partial charge in [0, 0.05) is 12.5 Å². The van der Waals surface area contributed by atoms with Crippen LogP contribution in [0.15, 0.2) is 24.3 Å². The molecule has 0 heterocycles. The Hall–Kier alpha value is -1.55. The van der Waals surface area contributed by atoms with Crippen LogP contribution < -0.4 is 10.1 Å². The highest BCUT2D eigenvalue weighted by Crippen LogP contribution is 2.20. The SMILES string of the molecule is CCCNC(CC)c1ccc(OCCCC(=O)OC)cc1. The molecule has 0 radical (unpaired) electrons. The third-order valence-electron chi connectivity index (χ3n) is 3.35. The molecule has 0 bridgehead atoms. The van der Waals surface area contributed by atoms with E-state index >= 15 is 0 Å². The van der Waals surface area contributed by atoms with Crippen molar-refractivity contribution < 1.29 is 14.3 Å². The molecule has 0 aromatic heterocycles. The first-order valence-electron chi connectivity index (χ1n) is 7.74. The highest BCUT2D eigenvalue weighted by Gasteiger charge is 2.08. The summed E-state index contributed by atoms with van der Waals surface area (Å²) in [6, 6.07) is 8.59. The van der Waals surface area contributed by atoms with Crippen LogP contribution in [-0.4, -0.2) is 26.2 Å². The molecule has 1 aromatic carbocycles. The first kappa shape index (κ1) is 17.5. The monoisotopic (exact) mass is 293 g/mol. The minimum absolute atomic E-state index is 0.193. The molecule has 0 aliphatic heterocycles. The predicted molar refractivity (Wildman–Crippen MR) is 84.5 cm³/mol. The van der Waals surface area contributed by atoms with Gasteiger partial charge in [-0.3, -0.25) is 4.79 Å². The molecule has 1 rings (SSSR count). The van der Waals surface area contributed by atoms with Gasteiger partial charge in [0.25, 0.3) is 0 Å². The number of ether oxygens (including phenoxy) is 2. The number of methoxy groups -OCH3 is 1. The number of hydrogen-bond donors (Lipinski definition) is 1. The van der Waals surface area contributed by atoms with Crippen molar-refractivity contribution in [2.45, 2.75) is 45.6 Å². The molecule has 4 nitrogen and oxygen atoms in total. The molecule has 21 heavy (non-hydrogen) atoms. The Kier molecular flexibility index (Phi) is 8.51. The summed E-state index contributed by atoms with van der Waals surface area (Å²) in [5, 5.41) is 3.53. The third-order valence-corrected chi connectivity index (χ3v) is 3.35. The van der Waals surface area contributed by atoms with E-state index in [1.54, 1.807) is 0 Å². The normalized spacial score (nSPS) is 12.0. The number of esters is 1. The van der Waals surface area contributed by atoms with Crippen LogP contribution in [0.2, 0.25) is 0 Å². The number of nitrogens with one attached hydrogen (secondary N) is 1. The average molecular weight is 293 g/mol. The lowest BCUT2D eigenvalue weighted by molar-refractivity contribution is -0.140. The number of carbonyl (C=O) groups is 1. The summed E-state index contributed by atoms with van der Waals surface area (Å²) >= 11 is 0. The van der Waals surface area contributed by atoms with Crippen molar-refractivity contribution in [1.82, 2.24) is 5.32 Å². The van der Waals surface area contributed by atoms with Crippen molar-refractivity contribution in [3.63, 3.8) is 0 Å². The van der Waals surface area contributed by atoms with Gasteiger partial charge in [0.1, 0.15) is 5.75 Å². The molecule has 0 spiro atoms. The van der Waals surface area contributed by atoms with Crippen molar-refractivity contribution in [2.24, 2.45) is 0 Å². The summed E-state index contributed by atoms with van der Waals surface area (Å²) in [5.74, 6) is 0.649. The molecule has 0 saturated carbocycles. The lowest BCUT2D eigenvalue weighted by atomic mass is 10.0. The highest BCUT2D eigenvalue weighted by atomic mass is 16.5. The summed E-state index contributed by atoms with van der Waals surface area (Å²) < 4.78 is 10.2. The van der Waals surface area contributed by atoms with Gasteiger partial charge in [-0.2, -0.15) is 0 Å². The van der Waals surface area contributed by atoms with Crippen molar-refractivity contribution in [1.29, 1.82) is 0 Å². The highest BCUT2D eigenvalue weighted by molar-refractivity contribution is 5.69. The Bertz CT molecular complexity index is 403. The van der Waals surface area contributed by atoms with Gasteiger partial charge in [-0.1, -0.05) is 26.0 Å². The van der Waals surface area contributed by atoms with E-state index in [4.69, 9.17) is 4.74 Å². The van der Waals surface area contributed by atoms with Gasteiger partial charge in [-0.25, -0.2) is 0 Å². The third kappa shape index (κ3) is 6.63. The zero-order chi connectivity index (χ0) is 15.5. The fourth-order valence-corrected chi connectivity index (χ4v) is 2.12. The fourth-order valence-electron chi connectivity index (χ4n) is 2.12. The molecule has 0 aliphatic carbocycles. The Morgan fingerprint density at radius 1 is 1.24 bits per heavy atom. The fraction of sp³-hybridized carbons (Fsp3) is 0.588. The van der Waals surface area contributed by atoms with E-state index in [0.29, 0.717) is 25.5 Å². The number of benzene rings is 1. The van der Waals surface area contributed by atoms with Crippen LogP contribution in [0, 0.1) is 0 Å². The Labute approximate surface area is 127 Å². The van der Waals surface area contributed by atoms with E-state index in [0.717, 1.165) is 25.1 Å². The maximum Gasteiger partial charge on any atom is 0.305 e. The van der Waals surface area contributed by atoms with Crippen molar-refractivity contribution in [3.8, 4) is 5.75 Å². The molecule has 1 atom stereocenters. The first-order valence-corrected chi connectivity index (χ1v) is 7.74. The summed E-state index contributed by atoms with van der Waals surface area (Å²) in [4.78, 5) is 11.0. The smallest absolute Gasteiger partial charge is 0.305 e. The van der Waals surface area contributed by atoms with Crippen molar-refractivity contribution >= 4 is 5.97 Å². The van der Waals surface area contributed by atoms with Crippen LogP contribution in [0.1, 0.15) is 51.1 Å². The zero-order valence-electron chi connectivity index (χ0n) is 13.4. The molecule has 1 unspecified atom stereocenters. The second-order valence-electron chi connectivity index (χ2n) is 5.01. The Morgan fingerprint density at radius 2 is 1.95 bits per heavy atom. The number of rotatable bonds is 10. The minimum Gasteiger partial charge on any atom is -0.494 e. The molecule has 0 amide bonds. The molecule has 0 saturated heterocycles. The zero-order valence-corrected chi connectivity index (χ0v) is 13.4. The maximum atomic E-state index is 11.0. The molecule has 1 N–H and O–H groups in total. The van der Waals surface area contributed by atoms with Gasteiger partial charge in [0.05, 0.1) is 13.7 Å². The van der Waals surface area contributed by atoms with Gasteiger partial charge < -0.3 is 14.8 Å². The second kappa shape index (κ2) is 10.2. The van der Waals surface area contributed by atoms with Crippen LogP contribution in [0.25, 0.3) is 0 Å². The first-order chi connectivity index (χ1) is 10.2. The molecular weight excluding hydrogens is 266 g/mol. The van der Waals surface area contributed by atoms with Gasteiger partial charge >= 0.3 is 5.97 Å². The standard InChI is InChI=1S/C17H27NO3/c1-4-12-18-16(5-2)14-8-10-15(11-9-14)21-13-6-7-17(19)20-3/h8-11,16,18H,4-7,12-13H2,1-3H3. The van der Waals surface area contributed by atoms with Gasteiger partial charge in [0.2, 0.25) is 0 Å². The van der Waals surface area contributed by atoms with E-state index in [2.05, 4.69) is 36.0 Å². The maximum absolute atomic E-state index is 11.0. The van der Waals surface area contributed by atoms with E-state index in [1.165, 1.54) is 12.7 Å². The molecular formula is C17H27NO3. The van der Waals surface area contributed by atoms with Gasteiger partial charge in [0.15, 0.2) is 0 Å². The van der Waals surface area contributed by atoms with Crippen molar-refractivity contribution in [2.75, 3.05) is 20.3 Å². The topological polar surface area (TPSA) is 47.6 Å². The van der Waals surface area contributed by atoms with Crippen LogP contribution in [-0.2, 0) is 9.53 Å². The summed E-state index contributed by atoms with van der Waals surface area (Å²) in [6.45, 7) is 5.92. The van der Waals surface area contributed by atoms with Crippen molar-refractivity contribution in [3.05, 3.63) is 29.8 Å². The molecule has 4 heteroatoms. The van der Waals surface area contributed by atoms with Crippen LogP contribution >= 0.6 is 0 Å². The molecule has 118 valence electrons. The summed E-state index contributed by atoms with van der Waals surface area (Å²) in [6.07, 6.45) is 3.27. The van der Waals surface area contributed by atoms with Crippen LogP contribution in [0.4, 0.5) is 0 Å². The van der Waals surface area contributed by atoms with Crippen LogP contribution in [0.3, 0.4) is 0 Å². The minimum atomic E-state index is -0.193. The van der Waals surface area contributed by atoms with E-state index in [-0.39, 0.29) is 5.97 Å². The lowest BCUT2D eigenvalue weighted by Crippen LogP contribution is -2.21. The second-order valence-corrected chi connectivity index (χ2v) is 5.01. The molecule has 0 fully saturated rings. The lowest BCUT2D eigenvalue weighted by Gasteiger charge is -2.17. The van der Waals surface area contributed by atoms with Crippen LogP contribution in [0.5, 0.6) is 5.75 Å². The molecule has 1 aromatic rings. The van der Waals surface area contributed by atoms with E-state index in [1.807, 2.05) is 12.1 Å². The predicted octanol–water partition coefficient (Wildman–Crippen LogP) is 3.47. The average Bonchev–Trinajstić information content (AvgIpc) is 2.53. The Balaban J connectivity index is 2.40. The molecule has 0 aliphatic rings. The number of carbonyl (C=O) groups excluding carboxylic acids is 1.